The Morgan fingerprint density at radius 2 is 2.00 bits per heavy atom. The van der Waals surface area contributed by atoms with E-state index in [1.165, 1.54) is 4.88 Å². The van der Waals surface area contributed by atoms with E-state index in [2.05, 4.69) is 33.3 Å². The number of aryl methyl sites for hydroxylation is 1. The highest BCUT2D eigenvalue weighted by Crippen LogP contribution is 2.29. The zero-order chi connectivity index (χ0) is 12.4. The number of nitrogens with zero attached hydrogens (tertiary/aromatic N) is 3. The van der Waals surface area contributed by atoms with Crippen LogP contribution in [0.15, 0.2) is 36.9 Å². The third kappa shape index (κ3) is 2.83. The summed E-state index contributed by atoms with van der Waals surface area (Å²) in [6.45, 7) is 2.15. The van der Waals surface area contributed by atoms with Gasteiger partial charge in [-0.3, -0.25) is 4.98 Å². The summed E-state index contributed by atoms with van der Waals surface area (Å²) in [6.07, 6.45) is 6.13. The monoisotopic (exact) mass is 292 g/mol. The third-order valence-electron chi connectivity index (χ3n) is 2.67. The highest BCUT2D eigenvalue weighted by molar-refractivity contribution is 7.18. The predicted octanol–water partition coefficient (Wildman–Crippen LogP) is 3.81. The fraction of sp³-hybridized carbons (Fsp3) is 0.154. The minimum atomic E-state index is 0. The van der Waals surface area contributed by atoms with Crippen LogP contribution in [0.25, 0.3) is 10.2 Å². The van der Waals surface area contributed by atoms with Crippen molar-refractivity contribution in [1.82, 2.24) is 15.0 Å². The standard InChI is InChI=1S/C13H12N4S.ClH/c1-2-10-7-11-12(15-8-16-13(11)18-10)17-9-3-5-14-6-4-9;/h3-8H,2H2,1H3,(H,14,15,16,17);1H. The Morgan fingerprint density at radius 3 is 2.74 bits per heavy atom. The molecule has 0 bridgehead atoms. The zero-order valence-corrected chi connectivity index (χ0v) is 12.0. The van der Waals surface area contributed by atoms with Crippen molar-refractivity contribution in [3.05, 3.63) is 41.8 Å². The van der Waals surface area contributed by atoms with Gasteiger partial charge in [-0.25, -0.2) is 9.97 Å². The second-order valence-electron chi connectivity index (χ2n) is 3.87. The molecular formula is C13H13ClN4S. The van der Waals surface area contributed by atoms with Gasteiger partial charge in [-0.15, -0.1) is 23.7 Å². The molecule has 3 aromatic rings. The lowest BCUT2D eigenvalue weighted by Gasteiger charge is -2.05. The number of halogens is 1. The van der Waals surface area contributed by atoms with E-state index in [1.807, 2.05) is 12.1 Å². The molecule has 0 aliphatic heterocycles. The van der Waals surface area contributed by atoms with E-state index >= 15 is 0 Å². The summed E-state index contributed by atoms with van der Waals surface area (Å²) in [5.41, 5.74) is 0.981. The lowest BCUT2D eigenvalue weighted by atomic mass is 10.3. The molecule has 0 aliphatic rings. The van der Waals surface area contributed by atoms with Crippen molar-refractivity contribution in [3.63, 3.8) is 0 Å². The molecule has 0 amide bonds. The first kappa shape index (κ1) is 13.7. The van der Waals surface area contributed by atoms with Crippen LogP contribution in [0.5, 0.6) is 0 Å². The van der Waals surface area contributed by atoms with Gasteiger partial charge in [0.1, 0.15) is 17.0 Å². The van der Waals surface area contributed by atoms with E-state index in [9.17, 15) is 0 Å². The summed E-state index contributed by atoms with van der Waals surface area (Å²) in [4.78, 5) is 15.0. The lowest BCUT2D eigenvalue weighted by Crippen LogP contribution is -1.94. The molecule has 0 unspecified atom stereocenters. The number of hydrogen-bond acceptors (Lipinski definition) is 5. The van der Waals surface area contributed by atoms with Crippen LogP contribution in [0.4, 0.5) is 11.5 Å². The minimum absolute atomic E-state index is 0. The SMILES string of the molecule is CCc1cc2c(Nc3ccncc3)ncnc2s1.Cl. The number of fused-ring (bicyclic) bond motifs is 1. The molecule has 3 aromatic heterocycles. The molecule has 0 atom stereocenters. The van der Waals surface area contributed by atoms with Gasteiger partial charge in [-0.05, 0) is 24.6 Å². The first-order chi connectivity index (χ1) is 8.86. The van der Waals surface area contributed by atoms with Crippen molar-refractivity contribution in [1.29, 1.82) is 0 Å². The normalized spacial score (nSPS) is 10.2. The first-order valence-corrected chi connectivity index (χ1v) is 6.59. The van der Waals surface area contributed by atoms with Gasteiger partial charge in [-0.2, -0.15) is 0 Å². The van der Waals surface area contributed by atoms with Crippen LogP contribution in [-0.4, -0.2) is 15.0 Å². The Kier molecular flexibility index (Phi) is 4.29. The molecule has 0 radical (unpaired) electrons. The second kappa shape index (κ2) is 5.95. The van der Waals surface area contributed by atoms with Crippen molar-refractivity contribution in [2.75, 3.05) is 5.32 Å². The Bertz CT molecular complexity index is 669. The van der Waals surface area contributed by atoms with Crippen LogP contribution >= 0.6 is 23.7 Å². The van der Waals surface area contributed by atoms with Gasteiger partial charge in [-0.1, -0.05) is 6.92 Å². The Morgan fingerprint density at radius 1 is 1.21 bits per heavy atom. The molecular weight excluding hydrogens is 280 g/mol. The molecule has 0 saturated carbocycles. The van der Waals surface area contributed by atoms with Crippen molar-refractivity contribution in [3.8, 4) is 0 Å². The zero-order valence-electron chi connectivity index (χ0n) is 10.3. The number of thiophene rings is 1. The van der Waals surface area contributed by atoms with E-state index in [0.717, 1.165) is 28.1 Å². The molecule has 0 saturated heterocycles. The van der Waals surface area contributed by atoms with E-state index in [-0.39, 0.29) is 12.4 Å². The van der Waals surface area contributed by atoms with Gasteiger partial charge in [0.05, 0.1) is 5.39 Å². The molecule has 0 spiro atoms. The molecule has 98 valence electrons. The van der Waals surface area contributed by atoms with Crippen molar-refractivity contribution < 1.29 is 0 Å². The van der Waals surface area contributed by atoms with E-state index in [1.54, 1.807) is 30.1 Å². The Hall–Kier alpha value is -1.72. The number of pyridine rings is 1. The molecule has 0 aromatic carbocycles. The Labute approximate surface area is 121 Å². The number of nitrogens with one attached hydrogen (secondary N) is 1. The molecule has 0 fully saturated rings. The van der Waals surface area contributed by atoms with Gasteiger partial charge in [0.2, 0.25) is 0 Å². The minimum Gasteiger partial charge on any atom is -0.339 e. The maximum atomic E-state index is 4.31. The van der Waals surface area contributed by atoms with Crippen molar-refractivity contribution in [2.24, 2.45) is 0 Å². The maximum Gasteiger partial charge on any atom is 0.142 e. The predicted molar refractivity (Wildman–Crippen MR) is 81.6 cm³/mol. The van der Waals surface area contributed by atoms with Crippen LogP contribution in [-0.2, 0) is 6.42 Å². The summed E-state index contributed by atoms with van der Waals surface area (Å²) in [5.74, 6) is 0.849. The maximum absolute atomic E-state index is 4.31. The number of rotatable bonds is 3. The highest BCUT2D eigenvalue weighted by Gasteiger charge is 2.07. The first-order valence-electron chi connectivity index (χ1n) is 5.77. The van der Waals surface area contributed by atoms with Crippen molar-refractivity contribution in [2.45, 2.75) is 13.3 Å². The molecule has 6 heteroatoms. The topological polar surface area (TPSA) is 50.7 Å². The number of anilines is 2. The average molecular weight is 293 g/mol. The van der Waals surface area contributed by atoms with Crippen molar-refractivity contribution >= 4 is 45.5 Å². The van der Waals surface area contributed by atoms with Gasteiger partial charge >= 0.3 is 0 Å². The molecule has 4 nitrogen and oxygen atoms in total. The lowest BCUT2D eigenvalue weighted by molar-refractivity contribution is 1.19. The largest absolute Gasteiger partial charge is 0.339 e. The summed E-state index contributed by atoms with van der Waals surface area (Å²) >= 11 is 1.72. The summed E-state index contributed by atoms with van der Waals surface area (Å²) in [5, 5.41) is 4.38. The van der Waals surface area contributed by atoms with Crippen LogP contribution in [0.2, 0.25) is 0 Å². The van der Waals surface area contributed by atoms with E-state index in [4.69, 9.17) is 0 Å². The van der Waals surface area contributed by atoms with Crippen LogP contribution in [0, 0.1) is 0 Å². The van der Waals surface area contributed by atoms with Crippen LogP contribution in [0.3, 0.4) is 0 Å². The highest BCUT2D eigenvalue weighted by atomic mass is 35.5. The van der Waals surface area contributed by atoms with Gasteiger partial charge in [0.25, 0.3) is 0 Å². The molecule has 3 rings (SSSR count). The van der Waals surface area contributed by atoms with E-state index in [0.29, 0.717) is 0 Å². The third-order valence-corrected chi connectivity index (χ3v) is 3.86. The molecule has 3 heterocycles. The summed E-state index contributed by atoms with van der Waals surface area (Å²) < 4.78 is 0. The van der Waals surface area contributed by atoms with Gasteiger partial charge in [0.15, 0.2) is 0 Å². The fourth-order valence-corrected chi connectivity index (χ4v) is 2.69. The fourth-order valence-electron chi connectivity index (χ4n) is 1.75. The average Bonchev–Trinajstić information content (AvgIpc) is 2.84. The quantitative estimate of drug-likeness (QED) is 0.797. The van der Waals surface area contributed by atoms with Gasteiger partial charge in [0, 0.05) is 23.0 Å². The molecule has 19 heavy (non-hydrogen) atoms. The van der Waals surface area contributed by atoms with Crippen LogP contribution < -0.4 is 5.32 Å². The van der Waals surface area contributed by atoms with E-state index < -0.39 is 0 Å². The van der Waals surface area contributed by atoms with Gasteiger partial charge < -0.3 is 5.32 Å². The summed E-state index contributed by atoms with van der Waals surface area (Å²) in [7, 11) is 0. The molecule has 1 N–H and O–H groups in total. The summed E-state index contributed by atoms with van der Waals surface area (Å²) in [6, 6.07) is 5.99. The Balaban J connectivity index is 0.00000133. The molecule has 0 aliphatic carbocycles. The second-order valence-corrected chi connectivity index (χ2v) is 4.98. The smallest absolute Gasteiger partial charge is 0.142 e. The number of aromatic nitrogens is 3. The van der Waals surface area contributed by atoms with Crippen LogP contribution in [0.1, 0.15) is 11.8 Å². The number of hydrogen-bond donors (Lipinski definition) is 1.